The number of carbonyl (C=O) groups excluding carboxylic acids is 3. The normalized spacial score (nSPS) is 14.4. The van der Waals surface area contributed by atoms with Gasteiger partial charge in [-0.3, -0.25) is 9.59 Å². The number of ether oxygens (including phenoxy) is 1. The van der Waals surface area contributed by atoms with Gasteiger partial charge in [0, 0.05) is 23.4 Å². The van der Waals surface area contributed by atoms with Crippen molar-refractivity contribution in [2.24, 2.45) is 5.92 Å². The molecule has 1 aliphatic carbocycles. The minimum atomic E-state index is -0.759. The van der Waals surface area contributed by atoms with Gasteiger partial charge in [-0.25, -0.2) is 9.18 Å². The van der Waals surface area contributed by atoms with E-state index in [1.54, 1.807) is 26.8 Å². The second kappa shape index (κ2) is 8.19. The third kappa shape index (κ3) is 4.23. The highest BCUT2D eigenvalue weighted by Gasteiger charge is 2.35. The van der Waals surface area contributed by atoms with Gasteiger partial charge in [0.2, 0.25) is 0 Å². The molecule has 1 N–H and O–H groups in total. The van der Waals surface area contributed by atoms with Crippen LogP contribution in [0.1, 0.15) is 62.2 Å². The molecule has 1 fully saturated rings. The summed E-state index contributed by atoms with van der Waals surface area (Å²) in [5.41, 5.74) is 1.86. The number of carbonyl (C=O) groups is 3. The molecule has 0 spiro atoms. The van der Waals surface area contributed by atoms with E-state index < -0.39 is 17.8 Å². The third-order valence-electron chi connectivity index (χ3n) is 5.40. The number of rotatable bonds is 7. The molecule has 154 valence electrons. The Labute approximate surface area is 169 Å². The first kappa shape index (κ1) is 20.8. The number of Topliss-reactive ketones (excluding diaryl/α,β-unsaturated/α-hetero) is 1. The number of hydrogen-bond acceptors (Lipinski definition) is 4. The zero-order valence-electron chi connectivity index (χ0n) is 17.0. The molecule has 1 aromatic carbocycles. The Morgan fingerprint density at radius 1 is 1.28 bits per heavy atom. The number of halogens is 1. The SMILES string of the molecule is COC(=O)c1[nH]c(C)c(C(=O)[C@@H](C)N(CC2CC2)C(=O)c2cccc(F)c2)c1C. The van der Waals surface area contributed by atoms with Crippen molar-refractivity contribution in [3.05, 3.63) is 58.2 Å². The Hall–Kier alpha value is -2.96. The van der Waals surface area contributed by atoms with Crippen LogP contribution in [-0.2, 0) is 4.74 Å². The van der Waals surface area contributed by atoms with Crippen LogP contribution in [0.2, 0.25) is 0 Å². The Balaban J connectivity index is 1.93. The lowest BCUT2D eigenvalue weighted by atomic mass is 9.99. The van der Waals surface area contributed by atoms with Crippen LogP contribution in [0.25, 0.3) is 0 Å². The van der Waals surface area contributed by atoms with E-state index in [4.69, 9.17) is 4.74 Å². The van der Waals surface area contributed by atoms with Gasteiger partial charge in [-0.05, 0) is 63.3 Å². The topological polar surface area (TPSA) is 79.5 Å². The van der Waals surface area contributed by atoms with E-state index in [0.717, 1.165) is 12.8 Å². The molecule has 2 aromatic rings. The number of H-pyrrole nitrogens is 1. The quantitative estimate of drug-likeness (QED) is 0.568. The van der Waals surface area contributed by atoms with Crippen molar-refractivity contribution in [1.29, 1.82) is 0 Å². The fraction of sp³-hybridized carbons (Fsp3) is 0.409. The van der Waals surface area contributed by atoms with Crippen molar-refractivity contribution < 1.29 is 23.5 Å². The summed E-state index contributed by atoms with van der Waals surface area (Å²) in [6.07, 6.45) is 2.01. The second-order valence-corrected chi connectivity index (χ2v) is 7.57. The Kier molecular flexibility index (Phi) is 5.86. The van der Waals surface area contributed by atoms with Gasteiger partial charge in [-0.1, -0.05) is 6.07 Å². The van der Waals surface area contributed by atoms with Gasteiger partial charge in [0.05, 0.1) is 13.2 Å². The number of aromatic amines is 1. The molecule has 1 saturated carbocycles. The summed E-state index contributed by atoms with van der Waals surface area (Å²) in [5.74, 6) is -1.35. The van der Waals surface area contributed by atoms with Crippen LogP contribution in [-0.4, -0.2) is 47.2 Å². The van der Waals surface area contributed by atoms with Crippen molar-refractivity contribution in [3.63, 3.8) is 0 Å². The lowest BCUT2D eigenvalue weighted by Gasteiger charge is -2.29. The van der Waals surface area contributed by atoms with Crippen LogP contribution in [0.3, 0.4) is 0 Å². The number of ketones is 1. The maximum absolute atomic E-state index is 13.6. The minimum Gasteiger partial charge on any atom is -0.464 e. The average Bonchev–Trinajstić information content (AvgIpc) is 3.47. The van der Waals surface area contributed by atoms with Gasteiger partial charge in [0.25, 0.3) is 5.91 Å². The largest absolute Gasteiger partial charge is 0.464 e. The highest BCUT2D eigenvalue weighted by atomic mass is 19.1. The van der Waals surface area contributed by atoms with Crippen molar-refractivity contribution in [2.75, 3.05) is 13.7 Å². The standard InChI is InChI=1S/C22H25FN2O4/c1-12-18(13(2)24-19(12)22(28)29-4)20(26)14(3)25(11-15-8-9-15)21(27)16-6-5-7-17(23)10-16/h5-7,10,14-15,24H,8-9,11H2,1-4H3/t14-/m1/s1. The highest BCUT2D eigenvalue weighted by molar-refractivity contribution is 6.07. The molecule has 0 bridgehead atoms. The molecule has 1 aliphatic rings. The van der Waals surface area contributed by atoms with E-state index in [1.807, 2.05) is 0 Å². The smallest absolute Gasteiger partial charge is 0.354 e. The van der Waals surface area contributed by atoms with E-state index in [9.17, 15) is 18.8 Å². The van der Waals surface area contributed by atoms with Gasteiger partial charge in [0.1, 0.15) is 11.5 Å². The van der Waals surface area contributed by atoms with Gasteiger partial charge < -0.3 is 14.6 Å². The Bertz CT molecular complexity index is 962. The molecular formula is C22H25FN2O4. The van der Waals surface area contributed by atoms with E-state index >= 15 is 0 Å². The highest BCUT2D eigenvalue weighted by Crippen LogP contribution is 2.32. The molecule has 0 unspecified atom stereocenters. The first-order valence-corrected chi connectivity index (χ1v) is 9.62. The Morgan fingerprint density at radius 2 is 1.97 bits per heavy atom. The molecular weight excluding hydrogens is 375 g/mol. The van der Waals surface area contributed by atoms with Gasteiger partial charge in [-0.2, -0.15) is 0 Å². The van der Waals surface area contributed by atoms with Crippen molar-refractivity contribution in [3.8, 4) is 0 Å². The molecule has 29 heavy (non-hydrogen) atoms. The summed E-state index contributed by atoms with van der Waals surface area (Å²) in [6.45, 7) is 5.49. The molecule has 1 aromatic heterocycles. The van der Waals surface area contributed by atoms with E-state index in [2.05, 4.69) is 4.98 Å². The van der Waals surface area contributed by atoms with Crippen molar-refractivity contribution >= 4 is 17.7 Å². The van der Waals surface area contributed by atoms with Crippen LogP contribution in [0.15, 0.2) is 24.3 Å². The van der Waals surface area contributed by atoms with Gasteiger partial charge in [-0.15, -0.1) is 0 Å². The fourth-order valence-corrected chi connectivity index (χ4v) is 3.56. The number of nitrogens with one attached hydrogen (secondary N) is 1. The molecule has 0 radical (unpaired) electrons. The molecule has 6 nitrogen and oxygen atoms in total. The van der Waals surface area contributed by atoms with Crippen LogP contribution in [0.5, 0.6) is 0 Å². The number of hydrogen-bond donors (Lipinski definition) is 1. The lowest BCUT2D eigenvalue weighted by molar-refractivity contribution is 0.0592. The van der Waals surface area contributed by atoms with Crippen LogP contribution in [0.4, 0.5) is 4.39 Å². The van der Waals surface area contributed by atoms with Crippen LogP contribution < -0.4 is 0 Å². The monoisotopic (exact) mass is 400 g/mol. The average molecular weight is 400 g/mol. The molecule has 7 heteroatoms. The third-order valence-corrected chi connectivity index (χ3v) is 5.40. The lowest BCUT2D eigenvalue weighted by Crippen LogP contribution is -2.44. The van der Waals surface area contributed by atoms with Crippen molar-refractivity contribution in [2.45, 2.75) is 39.7 Å². The number of benzene rings is 1. The van der Waals surface area contributed by atoms with Crippen LogP contribution >= 0.6 is 0 Å². The Morgan fingerprint density at radius 3 is 2.55 bits per heavy atom. The number of aryl methyl sites for hydroxylation is 1. The number of methoxy groups -OCH3 is 1. The van der Waals surface area contributed by atoms with E-state index in [0.29, 0.717) is 29.3 Å². The van der Waals surface area contributed by atoms with E-state index in [-0.39, 0.29) is 22.9 Å². The zero-order valence-corrected chi connectivity index (χ0v) is 17.0. The summed E-state index contributed by atoms with van der Waals surface area (Å²) in [5, 5.41) is 0. The van der Waals surface area contributed by atoms with E-state index in [1.165, 1.54) is 30.2 Å². The summed E-state index contributed by atoms with van der Waals surface area (Å²) >= 11 is 0. The molecule has 1 atom stereocenters. The summed E-state index contributed by atoms with van der Waals surface area (Å²) < 4.78 is 18.4. The maximum atomic E-state index is 13.6. The number of aromatic nitrogens is 1. The van der Waals surface area contributed by atoms with Gasteiger partial charge >= 0.3 is 5.97 Å². The predicted molar refractivity (Wildman–Crippen MR) is 106 cm³/mol. The fourth-order valence-electron chi connectivity index (χ4n) is 3.56. The molecule has 3 rings (SSSR count). The minimum absolute atomic E-state index is 0.211. The molecule has 0 saturated heterocycles. The van der Waals surface area contributed by atoms with Crippen LogP contribution in [0, 0.1) is 25.6 Å². The second-order valence-electron chi connectivity index (χ2n) is 7.57. The van der Waals surface area contributed by atoms with Gasteiger partial charge in [0.15, 0.2) is 5.78 Å². The zero-order chi connectivity index (χ0) is 21.3. The summed E-state index contributed by atoms with van der Waals surface area (Å²) in [6, 6.07) is 4.72. The number of esters is 1. The predicted octanol–water partition coefficient (Wildman–Crippen LogP) is 3.68. The number of nitrogens with zero attached hydrogens (tertiary/aromatic N) is 1. The maximum Gasteiger partial charge on any atom is 0.354 e. The summed E-state index contributed by atoms with van der Waals surface area (Å²) in [4.78, 5) is 42.8. The molecule has 0 aliphatic heterocycles. The molecule has 1 amide bonds. The number of amides is 1. The molecule has 1 heterocycles. The first-order chi connectivity index (χ1) is 13.7. The summed E-state index contributed by atoms with van der Waals surface area (Å²) in [7, 11) is 1.27. The van der Waals surface area contributed by atoms with Crippen molar-refractivity contribution in [1.82, 2.24) is 9.88 Å². The first-order valence-electron chi connectivity index (χ1n) is 9.62.